The molecule has 148 valence electrons. The SMILES string of the molecule is O=C(NCC1CCN(C(=O)c2cccnc2)CC1)c1ccc(-n2cccc2)cc1. The van der Waals surface area contributed by atoms with E-state index in [4.69, 9.17) is 0 Å². The van der Waals surface area contributed by atoms with Crippen molar-refractivity contribution in [2.45, 2.75) is 12.8 Å². The Labute approximate surface area is 170 Å². The minimum Gasteiger partial charge on any atom is -0.352 e. The molecule has 1 aromatic carbocycles. The van der Waals surface area contributed by atoms with E-state index in [1.165, 1.54) is 0 Å². The molecule has 0 radical (unpaired) electrons. The number of nitrogens with one attached hydrogen (secondary N) is 1. The second-order valence-corrected chi connectivity index (χ2v) is 7.32. The molecule has 4 rings (SSSR count). The molecule has 1 N–H and O–H groups in total. The largest absolute Gasteiger partial charge is 0.352 e. The van der Waals surface area contributed by atoms with Gasteiger partial charge in [0.25, 0.3) is 11.8 Å². The maximum Gasteiger partial charge on any atom is 0.255 e. The topological polar surface area (TPSA) is 67.2 Å². The molecule has 0 atom stereocenters. The van der Waals surface area contributed by atoms with Crippen molar-refractivity contribution in [3.8, 4) is 5.69 Å². The lowest BCUT2D eigenvalue weighted by Crippen LogP contribution is -2.41. The Hall–Kier alpha value is -3.41. The van der Waals surface area contributed by atoms with Crippen LogP contribution in [0.1, 0.15) is 33.6 Å². The summed E-state index contributed by atoms with van der Waals surface area (Å²) >= 11 is 0. The third-order valence-corrected chi connectivity index (χ3v) is 5.39. The van der Waals surface area contributed by atoms with Gasteiger partial charge in [0.15, 0.2) is 0 Å². The predicted octanol–water partition coefficient (Wildman–Crippen LogP) is 3.15. The molecule has 0 saturated carbocycles. The number of hydrogen-bond acceptors (Lipinski definition) is 3. The molecule has 6 heteroatoms. The van der Waals surface area contributed by atoms with E-state index in [9.17, 15) is 9.59 Å². The first kappa shape index (κ1) is 18.9. The summed E-state index contributed by atoms with van der Waals surface area (Å²) in [6, 6.07) is 15.1. The second-order valence-electron chi connectivity index (χ2n) is 7.32. The molecule has 0 bridgehead atoms. The smallest absolute Gasteiger partial charge is 0.255 e. The standard InChI is InChI=1S/C23H24N4O2/c28-22(19-5-7-21(8-6-19)26-12-1-2-13-26)25-16-18-9-14-27(15-10-18)23(29)20-4-3-11-24-17-20/h1-8,11-13,17-18H,9-10,14-16H2,(H,25,28). The van der Waals surface area contributed by atoms with Crippen molar-refractivity contribution in [3.05, 3.63) is 84.4 Å². The van der Waals surface area contributed by atoms with Crippen LogP contribution in [-0.4, -0.2) is 45.9 Å². The number of benzene rings is 1. The number of carbonyl (C=O) groups is 2. The van der Waals surface area contributed by atoms with Crippen LogP contribution in [0.5, 0.6) is 0 Å². The summed E-state index contributed by atoms with van der Waals surface area (Å²) in [5, 5.41) is 3.04. The van der Waals surface area contributed by atoms with Gasteiger partial charge in [-0.1, -0.05) is 0 Å². The van der Waals surface area contributed by atoms with E-state index >= 15 is 0 Å². The summed E-state index contributed by atoms with van der Waals surface area (Å²) in [5.41, 5.74) is 2.31. The van der Waals surface area contributed by atoms with E-state index in [0.717, 1.165) is 18.5 Å². The van der Waals surface area contributed by atoms with Crippen LogP contribution >= 0.6 is 0 Å². The Balaban J connectivity index is 1.25. The molecule has 0 unspecified atom stereocenters. The molecule has 3 heterocycles. The highest BCUT2D eigenvalue weighted by Gasteiger charge is 2.24. The first-order valence-electron chi connectivity index (χ1n) is 9.91. The third kappa shape index (κ3) is 4.54. The lowest BCUT2D eigenvalue weighted by atomic mass is 9.96. The summed E-state index contributed by atoms with van der Waals surface area (Å²) in [6.45, 7) is 2.05. The van der Waals surface area contributed by atoms with Gasteiger partial charge in [0.2, 0.25) is 0 Å². The average molecular weight is 388 g/mol. The monoisotopic (exact) mass is 388 g/mol. The number of piperidine rings is 1. The van der Waals surface area contributed by atoms with Gasteiger partial charge in [-0.3, -0.25) is 14.6 Å². The van der Waals surface area contributed by atoms with Crippen LogP contribution in [0.25, 0.3) is 5.69 Å². The van der Waals surface area contributed by atoms with Crippen molar-refractivity contribution in [3.63, 3.8) is 0 Å². The highest BCUT2D eigenvalue weighted by Crippen LogP contribution is 2.18. The van der Waals surface area contributed by atoms with Gasteiger partial charge in [-0.05, 0) is 67.3 Å². The zero-order chi connectivity index (χ0) is 20.1. The molecule has 0 aliphatic carbocycles. The number of aromatic nitrogens is 2. The third-order valence-electron chi connectivity index (χ3n) is 5.39. The van der Waals surface area contributed by atoms with E-state index in [1.54, 1.807) is 24.5 Å². The second kappa shape index (κ2) is 8.73. The lowest BCUT2D eigenvalue weighted by Gasteiger charge is -2.32. The average Bonchev–Trinajstić information content (AvgIpc) is 3.33. The van der Waals surface area contributed by atoms with Gasteiger partial charge in [-0.25, -0.2) is 0 Å². The number of hydrogen-bond donors (Lipinski definition) is 1. The molecule has 6 nitrogen and oxygen atoms in total. The van der Waals surface area contributed by atoms with Crippen LogP contribution in [-0.2, 0) is 0 Å². The van der Waals surface area contributed by atoms with Crippen LogP contribution in [0.2, 0.25) is 0 Å². The number of amides is 2. The Kier molecular flexibility index (Phi) is 5.70. The van der Waals surface area contributed by atoms with Crippen LogP contribution in [0.4, 0.5) is 0 Å². The normalized spacial score (nSPS) is 14.6. The van der Waals surface area contributed by atoms with Gasteiger partial charge >= 0.3 is 0 Å². The van der Waals surface area contributed by atoms with Gasteiger partial charge in [-0.15, -0.1) is 0 Å². The fourth-order valence-electron chi connectivity index (χ4n) is 3.64. The molecule has 1 saturated heterocycles. The van der Waals surface area contributed by atoms with E-state index in [2.05, 4.69) is 10.3 Å². The Bertz CT molecular complexity index is 944. The maximum atomic E-state index is 12.5. The molecule has 3 aromatic rings. The molecular weight excluding hydrogens is 364 g/mol. The predicted molar refractivity (Wildman–Crippen MR) is 111 cm³/mol. The highest BCUT2D eigenvalue weighted by molar-refractivity contribution is 5.94. The number of carbonyl (C=O) groups excluding carboxylic acids is 2. The van der Waals surface area contributed by atoms with E-state index < -0.39 is 0 Å². The molecule has 2 aromatic heterocycles. The molecule has 29 heavy (non-hydrogen) atoms. The van der Waals surface area contributed by atoms with Crippen molar-refractivity contribution >= 4 is 11.8 Å². The number of nitrogens with zero attached hydrogens (tertiary/aromatic N) is 3. The van der Waals surface area contributed by atoms with E-state index in [-0.39, 0.29) is 11.8 Å². The van der Waals surface area contributed by atoms with Gasteiger partial charge in [0.05, 0.1) is 5.56 Å². The molecule has 2 amide bonds. The van der Waals surface area contributed by atoms with Crippen molar-refractivity contribution in [1.29, 1.82) is 0 Å². The molecule has 0 spiro atoms. The van der Waals surface area contributed by atoms with Gasteiger partial charge < -0.3 is 14.8 Å². The van der Waals surface area contributed by atoms with Crippen molar-refractivity contribution in [1.82, 2.24) is 19.8 Å². The number of likely N-dealkylation sites (tertiary alicyclic amines) is 1. The summed E-state index contributed by atoms with van der Waals surface area (Å²) in [7, 11) is 0. The molecular formula is C23H24N4O2. The summed E-state index contributed by atoms with van der Waals surface area (Å²) in [6.07, 6.45) is 8.99. The summed E-state index contributed by atoms with van der Waals surface area (Å²) < 4.78 is 2.00. The molecule has 1 aliphatic heterocycles. The van der Waals surface area contributed by atoms with Crippen LogP contribution in [0.15, 0.2) is 73.3 Å². The van der Waals surface area contributed by atoms with Crippen molar-refractivity contribution < 1.29 is 9.59 Å². The van der Waals surface area contributed by atoms with Gasteiger partial charge in [0.1, 0.15) is 0 Å². The van der Waals surface area contributed by atoms with E-state index in [1.807, 2.05) is 58.3 Å². The lowest BCUT2D eigenvalue weighted by molar-refractivity contribution is 0.0684. The quantitative estimate of drug-likeness (QED) is 0.730. The van der Waals surface area contributed by atoms with Crippen LogP contribution < -0.4 is 5.32 Å². The van der Waals surface area contributed by atoms with Crippen LogP contribution in [0, 0.1) is 5.92 Å². The van der Waals surface area contributed by atoms with Crippen molar-refractivity contribution in [2.75, 3.05) is 19.6 Å². The first-order chi connectivity index (χ1) is 14.2. The minimum atomic E-state index is -0.0575. The fourth-order valence-corrected chi connectivity index (χ4v) is 3.64. The zero-order valence-corrected chi connectivity index (χ0v) is 16.2. The molecule has 1 fully saturated rings. The highest BCUT2D eigenvalue weighted by atomic mass is 16.2. The first-order valence-corrected chi connectivity index (χ1v) is 9.91. The van der Waals surface area contributed by atoms with Crippen molar-refractivity contribution in [2.24, 2.45) is 5.92 Å². The summed E-state index contributed by atoms with van der Waals surface area (Å²) in [4.78, 5) is 30.8. The van der Waals surface area contributed by atoms with E-state index in [0.29, 0.717) is 36.7 Å². The number of pyridine rings is 1. The Morgan fingerprint density at radius 3 is 2.34 bits per heavy atom. The Morgan fingerprint density at radius 1 is 0.966 bits per heavy atom. The zero-order valence-electron chi connectivity index (χ0n) is 16.2. The van der Waals surface area contributed by atoms with Crippen LogP contribution in [0.3, 0.4) is 0 Å². The number of rotatable bonds is 5. The molecule has 1 aliphatic rings. The summed E-state index contributed by atoms with van der Waals surface area (Å²) in [5.74, 6) is 0.359. The van der Waals surface area contributed by atoms with Gasteiger partial charge in [-0.2, -0.15) is 0 Å². The minimum absolute atomic E-state index is 0.0309. The van der Waals surface area contributed by atoms with Gasteiger partial charge in [0, 0.05) is 55.7 Å². The maximum absolute atomic E-state index is 12.5. The fraction of sp³-hybridized carbons (Fsp3) is 0.261. The Morgan fingerprint density at radius 2 is 1.69 bits per heavy atom.